The molecule has 1 atom stereocenters. The molecule has 1 saturated heterocycles. The second kappa shape index (κ2) is 8.60. The van der Waals surface area contributed by atoms with Crippen LogP contribution < -0.4 is 5.32 Å². The first-order valence-corrected chi connectivity index (χ1v) is 10.9. The summed E-state index contributed by atoms with van der Waals surface area (Å²) in [5.41, 5.74) is 2.03. The number of amides is 2. The molecule has 0 radical (unpaired) electrons. The van der Waals surface area contributed by atoms with Gasteiger partial charge < -0.3 is 15.0 Å². The van der Waals surface area contributed by atoms with Crippen molar-refractivity contribution < 1.29 is 19.1 Å². The highest BCUT2D eigenvalue weighted by atomic mass is 32.1. The highest BCUT2D eigenvalue weighted by Gasteiger charge is 2.30. The van der Waals surface area contributed by atoms with Crippen LogP contribution in [-0.2, 0) is 4.74 Å². The van der Waals surface area contributed by atoms with Crippen LogP contribution in [0.15, 0.2) is 30.3 Å². The van der Waals surface area contributed by atoms with E-state index in [-0.39, 0.29) is 17.7 Å². The van der Waals surface area contributed by atoms with Gasteiger partial charge in [-0.2, -0.15) is 0 Å². The first kappa shape index (κ1) is 22.0. The van der Waals surface area contributed by atoms with E-state index in [9.17, 15) is 14.4 Å². The number of nitrogens with zero attached hydrogens (tertiary/aromatic N) is 1. The Hall–Kier alpha value is -2.67. The van der Waals surface area contributed by atoms with Crippen LogP contribution in [0.25, 0.3) is 10.4 Å². The summed E-state index contributed by atoms with van der Waals surface area (Å²) in [7, 11) is 0. The van der Waals surface area contributed by atoms with E-state index in [1.54, 1.807) is 11.8 Å². The van der Waals surface area contributed by atoms with Crippen LogP contribution in [0.4, 0.5) is 4.79 Å². The van der Waals surface area contributed by atoms with Gasteiger partial charge in [0.2, 0.25) is 0 Å². The van der Waals surface area contributed by atoms with Crippen molar-refractivity contribution >= 4 is 29.1 Å². The number of Topliss-reactive ketones (excluding diaryl/α,β-unsaturated/α-hetero) is 1. The Kier molecular flexibility index (Phi) is 6.31. The molecule has 2 amide bonds. The van der Waals surface area contributed by atoms with Crippen LogP contribution in [0.5, 0.6) is 0 Å². The van der Waals surface area contributed by atoms with Gasteiger partial charge in [0.1, 0.15) is 5.60 Å². The molecule has 0 unspecified atom stereocenters. The molecule has 3 rings (SSSR count). The van der Waals surface area contributed by atoms with Crippen molar-refractivity contribution in [1.29, 1.82) is 0 Å². The second-order valence-electron chi connectivity index (χ2n) is 8.64. The molecule has 7 heteroatoms. The standard InChI is InChI=1S/C23H28N2O4S/c1-14-12-19(17-8-6-16(7-9-17)15(2)26)30-20(14)21(27)25-11-10-18(13-25)24-22(28)29-23(3,4)5/h6-9,12,18H,10-11,13H2,1-5H3,(H,24,28)/t18-/m0/s1. The number of rotatable bonds is 4. The maximum Gasteiger partial charge on any atom is 0.407 e. The summed E-state index contributed by atoms with van der Waals surface area (Å²) in [4.78, 5) is 40.0. The lowest BCUT2D eigenvalue weighted by atomic mass is 10.1. The third kappa shape index (κ3) is 5.27. The number of ketones is 1. The Labute approximate surface area is 181 Å². The van der Waals surface area contributed by atoms with Crippen LogP contribution >= 0.6 is 11.3 Å². The fraction of sp³-hybridized carbons (Fsp3) is 0.435. The summed E-state index contributed by atoms with van der Waals surface area (Å²) in [6.07, 6.45) is 0.250. The van der Waals surface area contributed by atoms with Crippen molar-refractivity contribution in [2.45, 2.75) is 52.7 Å². The molecule has 30 heavy (non-hydrogen) atoms. The molecule has 0 bridgehead atoms. The van der Waals surface area contributed by atoms with Crippen LogP contribution in [-0.4, -0.2) is 47.4 Å². The highest BCUT2D eigenvalue weighted by molar-refractivity contribution is 7.17. The summed E-state index contributed by atoms with van der Waals surface area (Å²) in [5.74, 6) is 0.0148. The molecule has 1 aromatic carbocycles. The van der Waals surface area contributed by atoms with E-state index in [4.69, 9.17) is 4.74 Å². The lowest BCUT2D eigenvalue weighted by Gasteiger charge is -2.22. The number of benzene rings is 1. The Morgan fingerprint density at radius 2 is 1.83 bits per heavy atom. The summed E-state index contributed by atoms with van der Waals surface area (Å²) in [6.45, 7) is 10.0. The molecular weight excluding hydrogens is 400 g/mol. The van der Waals surface area contributed by atoms with Gasteiger partial charge in [-0.3, -0.25) is 9.59 Å². The summed E-state index contributed by atoms with van der Waals surface area (Å²) in [5, 5.41) is 2.85. The van der Waals surface area contributed by atoms with Gasteiger partial charge in [0.15, 0.2) is 5.78 Å². The van der Waals surface area contributed by atoms with Gasteiger partial charge in [0, 0.05) is 23.5 Å². The number of aryl methyl sites for hydroxylation is 1. The number of alkyl carbamates (subject to hydrolysis) is 1. The van der Waals surface area contributed by atoms with Crippen molar-refractivity contribution in [3.63, 3.8) is 0 Å². The predicted molar refractivity (Wildman–Crippen MR) is 118 cm³/mol. The zero-order chi connectivity index (χ0) is 22.1. The minimum absolute atomic E-state index is 0.0161. The summed E-state index contributed by atoms with van der Waals surface area (Å²) >= 11 is 1.46. The lowest BCUT2D eigenvalue weighted by Crippen LogP contribution is -2.41. The minimum atomic E-state index is -0.550. The highest BCUT2D eigenvalue weighted by Crippen LogP contribution is 2.33. The Morgan fingerprint density at radius 1 is 1.17 bits per heavy atom. The smallest absolute Gasteiger partial charge is 0.407 e. The largest absolute Gasteiger partial charge is 0.444 e. The Bertz CT molecular complexity index is 957. The zero-order valence-corrected chi connectivity index (χ0v) is 18.9. The van der Waals surface area contributed by atoms with Gasteiger partial charge in [0.25, 0.3) is 5.91 Å². The van der Waals surface area contributed by atoms with Crippen molar-refractivity contribution in [2.24, 2.45) is 0 Å². The van der Waals surface area contributed by atoms with Crippen molar-refractivity contribution in [3.05, 3.63) is 46.3 Å². The van der Waals surface area contributed by atoms with E-state index >= 15 is 0 Å². The lowest BCUT2D eigenvalue weighted by molar-refractivity contribution is 0.0502. The number of carbonyl (C=O) groups excluding carboxylic acids is 3. The normalized spacial score (nSPS) is 16.4. The number of likely N-dealkylation sites (tertiary alicyclic amines) is 1. The predicted octanol–water partition coefficient (Wildman–Crippen LogP) is 4.67. The number of ether oxygens (including phenoxy) is 1. The van der Waals surface area contributed by atoms with E-state index in [1.807, 2.05) is 58.0 Å². The zero-order valence-electron chi connectivity index (χ0n) is 18.1. The third-order valence-corrected chi connectivity index (χ3v) is 6.16. The molecule has 1 fully saturated rings. The maximum absolute atomic E-state index is 13.1. The molecule has 6 nitrogen and oxygen atoms in total. The van der Waals surface area contributed by atoms with Gasteiger partial charge in [-0.25, -0.2) is 4.79 Å². The van der Waals surface area contributed by atoms with Crippen molar-refractivity contribution in [1.82, 2.24) is 10.2 Å². The monoisotopic (exact) mass is 428 g/mol. The van der Waals surface area contributed by atoms with Gasteiger partial charge in [0.05, 0.1) is 10.9 Å². The number of hydrogen-bond acceptors (Lipinski definition) is 5. The van der Waals surface area contributed by atoms with Gasteiger partial charge in [-0.05, 0) is 58.2 Å². The van der Waals surface area contributed by atoms with Crippen LogP contribution in [0.3, 0.4) is 0 Å². The van der Waals surface area contributed by atoms with Gasteiger partial charge >= 0.3 is 6.09 Å². The fourth-order valence-electron chi connectivity index (χ4n) is 3.39. The average molecular weight is 429 g/mol. The molecule has 1 aliphatic rings. The molecule has 1 N–H and O–H groups in total. The molecule has 1 aromatic heterocycles. The van der Waals surface area contributed by atoms with E-state index in [2.05, 4.69) is 5.32 Å². The second-order valence-corrected chi connectivity index (χ2v) is 9.69. The van der Waals surface area contributed by atoms with Crippen LogP contribution in [0.1, 0.15) is 59.7 Å². The Morgan fingerprint density at radius 3 is 2.43 bits per heavy atom. The van der Waals surface area contributed by atoms with Crippen LogP contribution in [0.2, 0.25) is 0 Å². The van der Waals surface area contributed by atoms with Crippen LogP contribution in [0, 0.1) is 6.92 Å². The average Bonchev–Trinajstić information content (AvgIpc) is 3.26. The number of nitrogens with one attached hydrogen (secondary N) is 1. The first-order chi connectivity index (χ1) is 14.0. The molecule has 1 aliphatic heterocycles. The van der Waals surface area contributed by atoms with Gasteiger partial charge in [-0.1, -0.05) is 24.3 Å². The van der Waals surface area contributed by atoms with E-state index in [0.29, 0.717) is 30.0 Å². The van der Waals surface area contributed by atoms with E-state index < -0.39 is 11.7 Å². The first-order valence-electron chi connectivity index (χ1n) is 10.0. The minimum Gasteiger partial charge on any atom is -0.444 e. The van der Waals surface area contributed by atoms with E-state index in [0.717, 1.165) is 16.0 Å². The molecule has 0 spiro atoms. The SMILES string of the molecule is CC(=O)c1ccc(-c2cc(C)c(C(=O)N3CC[C@H](NC(=O)OC(C)(C)C)C3)s2)cc1. The van der Waals surface area contributed by atoms with Gasteiger partial charge in [-0.15, -0.1) is 11.3 Å². The molecule has 2 aromatic rings. The van der Waals surface area contributed by atoms with E-state index in [1.165, 1.54) is 11.3 Å². The molecule has 2 heterocycles. The van der Waals surface area contributed by atoms with Crippen molar-refractivity contribution in [3.8, 4) is 10.4 Å². The molecule has 0 saturated carbocycles. The number of carbonyl (C=O) groups is 3. The quantitative estimate of drug-likeness (QED) is 0.719. The maximum atomic E-state index is 13.1. The topological polar surface area (TPSA) is 75.7 Å². The number of hydrogen-bond donors (Lipinski definition) is 1. The number of thiophene rings is 1. The van der Waals surface area contributed by atoms with Crippen molar-refractivity contribution in [2.75, 3.05) is 13.1 Å². The summed E-state index contributed by atoms with van der Waals surface area (Å²) < 4.78 is 5.30. The molecule has 160 valence electrons. The third-order valence-electron chi connectivity index (χ3n) is 4.88. The molecular formula is C23H28N2O4S. The summed E-state index contributed by atoms with van der Waals surface area (Å²) in [6, 6.07) is 9.33. The Balaban J connectivity index is 1.66. The fourth-order valence-corrected chi connectivity index (χ4v) is 4.53. The molecule has 0 aliphatic carbocycles.